The normalized spacial score (nSPS) is 9.74. The van der Waals surface area contributed by atoms with Crippen LogP contribution in [0.1, 0.15) is 37.0 Å². The maximum Gasteiger partial charge on any atom is 0.253 e. The van der Waals surface area contributed by atoms with Crippen molar-refractivity contribution >= 4 is 11.6 Å². The number of hydrogen-bond acceptors (Lipinski definition) is 3. The van der Waals surface area contributed by atoms with E-state index in [1.807, 2.05) is 31.2 Å². The maximum atomic E-state index is 12.2. The van der Waals surface area contributed by atoms with Crippen molar-refractivity contribution in [1.29, 1.82) is 5.26 Å². The zero-order valence-electron chi connectivity index (χ0n) is 11.6. The van der Waals surface area contributed by atoms with E-state index >= 15 is 0 Å². The molecule has 1 rings (SSSR count). The zero-order valence-corrected chi connectivity index (χ0v) is 11.6. The number of rotatable bonds is 7. The van der Waals surface area contributed by atoms with Crippen LogP contribution in [0.4, 0.5) is 5.69 Å². The van der Waals surface area contributed by atoms with Crippen molar-refractivity contribution in [1.82, 2.24) is 4.90 Å². The van der Waals surface area contributed by atoms with Crippen LogP contribution in [0.15, 0.2) is 24.3 Å². The number of anilines is 1. The first-order valence-corrected chi connectivity index (χ1v) is 6.73. The molecule has 4 nitrogen and oxygen atoms in total. The van der Waals surface area contributed by atoms with Crippen LogP contribution in [-0.2, 0) is 0 Å². The summed E-state index contributed by atoms with van der Waals surface area (Å²) in [4.78, 5) is 13.9. The Labute approximate surface area is 115 Å². The maximum absolute atomic E-state index is 12.2. The number of carbonyl (C=O) groups is 1. The van der Waals surface area contributed by atoms with E-state index in [0.717, 1.165) is 18.7 Å². The summed E-state index contributed by atoms with van der Waals surface area (Å²) in [5, 5.41) is 11.9. The Morgan fingerprint density at radius 3 is 2.53 bits per heavy atom. The molecule has 1 amide bonds. The third kappa shape index (κ3) is 4.63. The van der Waals surface area contributed by atoms with E-state index in [2.05, 4.69) is 18.3 Å². The standard InChI is InChI=1S/C15H21N3O/c1-3-11-17-14-8-6-13(7-9-14)15(19)18(4-2)12-5-10-16/h6-9,17H,3-5,11-12H2,1-2H3. The van der Waals surface area contributed by atoms with Gasteiger partial charge in [0.25, 0.3) is 5.91 Å². The van der Waals surface area contributed by atoms with Crippen LogP contribution in [-0.4, -0.2) is 30.4 Å². The molecule has 102 valence electrons. The SMILES string of the molecule is CCCNc1ccc(C(=O)N(CC)CCC#N)cc1. The Kier molecular flexibility index (Phi) is 6.45. The van der Waals surface area contributed by atoms with E-state index in [-0.39, 0.29) is 5.91 Å². The molecule has 0 aromatic heterocycles. The summed E-state index contributed by atoms with van der Waals surface area (Å²) < 4.78 is 0. The van der Waals surface area contributed by atoms with Crippen molar-refractivity contribution < 1.29 is 4.79 Å². The summed E-state index contributed by atoms with van der Waals surface area (Å²) in [5.41, 5.74) is 1.69. The molecule has 4 heteroatoms. The molecular formula is C15H21N3O. The van der Waals surface area contributed by atoms with Gasteiger partial charge in [0.1, 0.15) is 0 Å². The quantitative estimate of drug-likeness (QED) is 0.819. The summed E-state index contributed by atoms with van der Waals surface area (Å²) in [6.07, 6.45) is 1.44. The number of nitriles is 1. The number of nitrogens with one attached hydrogen (secondary N) is 1. The summed E-state index contributed by atoms with van der Waals surface area (Å²) in [5.74, 6) is -0.0141. The fourth-order valence-corrected chi connectivity index (χ4v) is 1.77. The number of hydrogen-bond donors (Lipinski definition) is 1. The van der Waals surface area contributed by atoms with E-state index in [4.69, 9.17) is 5.26 Å². The molecule has 1 aromatic rings. The molecule has 0 radical (unpaired) electrons. The second-order valence-corrected chi connectivity index (χ2v) is 4.30. The van der Waals surface area contributed by atoms with Gasteiger partial charge in [-0.1, -0.05) is 6.92 Å². The van der Waals surface area contributed by atoms with Crippen LogP contribution in [0.2, 0.25) is 0 Å². The van der Waals surface area contributed by atoms with Gasteiger partial charge in [0.15, 0.2) is 0 Å². The van der Waals surface area contributed by atoms with Gasteiger partial charge in [-0.2, -0.15) is 5.26 Å². The van der Waals surface area contributed by atoms with Crippen LogP contribution in [0.5, 0.6) is 0 Å². The lowest BCUT2D eigenvalue weighted by Gasteiger charge is -2.19. The first-order valence-electron chi connectivity index (χ1n) is 6.73. The van der Waals surface area contributed by atoms with Gasteiger partial charge in [-0.3, -0.25) is 4.79 Å². The molecule has 0 saturated carbocycles. The van der Waals surface area contributed by atoms with E-state index in [1.165, 1.54) is 0 Å². The molecule has 1 N–H and O–H groups in total. The van der Waals surface area contributed by atoms with Crippen molar-refractivity contribution in [3.05, 3.63) is 29.8 Å². The fraction of sp³-hybridized carbons (Fsp3) is 0.467. The molecule has 0 aliphatic heterocycles. The summed E-state index contributed by atoms with van der Waals surface area (Å²) in [7, 11) is 0. The van der Waals surface area contributed by atoms with Crippen molar-refractivity contribution in [3.63, 3.8) is 0 Å². The average Bonchev–Trinajstić information content (AvgIpc) is 2.46. The van der Waals surface area contributed by atoms with Crippen molar-refractivity contribution in [3.8, 4) is 6.07 Å². The van der Waals surface area contributed by atoms with Crippen molar-refractivity contribution in [2.75, 3.05) is 25.0 Å². The van der Waals surface area contributed by atoms with Crippen LogP contribution >= 0.6 is 0 Å². The summed E-state index contributed by atoms with van der Waals surface area (Å²) in [6.45, 7) is 6.07. The molecule has 19 heavy (non-hydrogen) atoms. The first kappa shape index (κ1) is 15.0. The first-order chi connectivity index (χ1) is 9.22. The minimum Gasteiger partial charge on any atom is -0.385 e. The summed E-state index contributed by atoms with van der Waals surface area (Å²) >= 11 is 0. The van der Waals surface area contributed by atoms with Gasteiger partial charge in [0.2, 0.25) is 0 Å². The highest BCUT2D eigenvalue weighted by atomic mass is 16.2. The van der Waals surface area contributed by atoms with E-state index < -0.39 is 0 Å². The molecule has 0 saturated heterocycles. The van der Waals surface area contributed by atoms with Gasteiger partial charge >= 0.3 is 0 Å². The van der Waals surface area contributed by atoms with Gasteiger partial charge in [-0.15, -0.1) is 0 Å². The topological polar surface area (TPSA) is 56.1 Å². The zero-order chi connectivity index (χ0) is 14.1. The van der Waals surface area contributed by atoms with Gasteiger partial charge in [0.05, 0.1) is 12.5 Å². The van der Waals surface area contributed by atoms with Crippen LogP contribution < -0.4 is 5.32 Å². The molecule has 0 spiro atoms. The second-order valence-electron chi connectivity index (χ2n) is 4.30. The Bertz CT molecular complexity index is 434. The lowest BCUT2D eigenvalue weighted by atomic mass is 10.1. The molecule has 0 bridgehead atoms. The molecule has 1 aromatic carbocycles. The highest BCUT2D eigenvalue weighted by molar-refractivity contribution is 5.94. The molecule has 0 fully saturated rings. The van der Waals surface area contributed by atoms with Gasteiger partial charge in [-0.05, 0) is 37.6 Å². The fourth-order valence-electron chi connectivity index (χ4n) is 1.77. The lowest BCUT2D eigenvalue weighted by Crippen LogP contribution is -2.31. The van der Waals surface area contributed by atoms with Crippen molar-refractivity contribution in [2.24, 2.45) is 0 Å². The third-order valence-electron chi connectivity index (χ3n) is 2.87. The molecule has 0 heterocycles. The molecular weight excluding hydrogens is 238 g/mol. The Morgan fingerprint density at radius 1 is 1.32 bits per heavy atom. The highest BCUT2D eigenvalue weighted by Crippen LogP contribution is 2.12. The van der Waals surface area contributed by atoms with Crippen LogP contribution in [0, 0.1) is 11.3 Å². The predicted molar refractivity (Wildman–Crippen MR) is 77.0 cm³/mol. The predicted octanol–water partition coefficient (Wildman–Crippen LogP) is 2.88. The van der Waals surface area contributed by atoms with Gasteiger partial charge in [0, 0.05) is 30.9 Å². The molecule has 0 aliphatic rings. The summed E-state index contributed by atoms with van der Waals surface area (Å²) in [6, 6.07) is 9.56. The minimum absolute atomic E-state index is 0.0141. The number of nitrogens with zero attached hydrogens (tertiary/aromatic N) is 2. The number of amides is 1. The highest BCUT2D eigenvalue weighted by Gasteiger charge is 2.13. The van der Waals surface area contributed by atoms with Crippen LogP contribution in [0.3, 0.4) is 0 Å². The molecule has 0 unspecified atom stereocenters. The van der Waals surface area contributed by atoms with E-state index in [9.17, 15) is 4.79 Å². The van der Waals surface area contributed by atoms with Crippen LogP contribution in [0.25, 0.3) is 0 Å². The van der Waals surface area contributed by atoms with E-state index in [1.54, 1.807) is 4.90 Å². The second kappa shape index (κ2) is 8.15. The minimum atomic E-state index is -0.0141. The monoisotopic (exact) mass is 259 g/mol. The average molecular weight is 259 g/mol. The third-order valence-corrected chi connectivity index (χ3v) is 2.87. The van der Waals surface area contributed by atoms with Crippen molar-refractivity contribution in [2.45, 2.75) is 26.7 Å². The van der Waals surface area contributed by atoms with Gasteiger partial charge in [-0.25, -0.2) is 0 Å². The number of benzene rings is 1. The smallest absolute Gasteiger partial charge is 0.253 e. The Hall–Kier alpha value is -2.02. The van der Waals surface area contributed by atoms with E-state index in [0.29, 0.717) is 25.1 Å². The Morgan fingerprint density at radius 2 is 2.00 bits per heavy atom. The molecule has 0 aliphatic carbocycles. The molecule has 0 atom stereocenters. The largest absolute Gasteiger partial charge is 0.385 e. The lowest BCUT2D eigenvalue weighted by molar-refractivity contribution is 0.0768. The number of carbonyl (C=O) groups excluding carboxylic acids is 1. The Balaban J connectivity index is 2.68. The van der Waals surface area contributed by atoms with Gasteiger partial charge < -0.3 is 10.2 Å².